The molecule has 5 rings (SSSR count). The Bertz CT molecular complexity index is 1480. The summed E-state index contributed by atoms with van der Waals surface area (Å²) < 4.78 is 36.3. The number of nitrogens with zero attached hydrogens (tertiary/aromatic N) is 4. The first kappa shape index (κ1) is 24.1. The maximum absolute atomic E-state index is 15.2. The van der Waals surface area contributed by atoms with Crippen molar-refractivity contribution in [1.29, 1.82) is 0 Å². The molecule has 0 aliphatic heterocycles. The van der Waals surface area contributed by atoms with Gasteiger partial charge in [0.05, 0.1) is 17.6 Å². The van der Waals surface area contributed by atoms with E-state index in [0.29, 0.717) is 30.8 Å². The number of halogens is 2. The fraction of sp³-hybridized carbons (Fsp3) is 0.185. The molecule has 188 valence electrons. The number of carbonyl (C=O) groups is 2. The van der Waals surface area contributed by atoms with Crippen molar-refractivity contribution in [1.82, 2.24) is 14.8 Å². The van der Waals surface area contributed by atoms with Crippen LogP contribution in [-0.2, 0) is 16.1 Å². The van der Waals surface area contributed by atoms with Crippen LogP contribution in [-0.4, -0.2) is 26.6 Å². The van der Waals surface area contributed by atoms with Crippen LogP contribution < -0.4 is 15.4 Å². The first-order valence-electron chi connectivity index (χ1n) is 11.7. The van der Waals surface area contributed by atoms with E-state index in [4.69, 9.17) is 10.5 Å². The van der Waals surface area contributed by atoms with Gasteiger partial charge in [0, 0.05) is 42.3 Å². The maximum atomic E-state index is 15.2. The Labute approximate surface area is 211 Å². The van der Waals surface area contributed by atoms with E-state index < -0.39 is 28.9 Å². The summed E-state index contributed by atoms with van der Waals surface area (Å²) in [7, 11) is 0. The molecular formula is C27H23F2N5O3. The zero-order valence-corrected chi connectivity index (χ0v) is 19.9. The van der Waals surface area contributed by atoms with Crippen molar-refractivity contribution >= 4 is 23.2 Å². The minimum absolute atomic E-state index is 0.0762. The van der Waals surface area contributed by atoms with Gasteiger partial charge in [0.1, 0.15) is 17.0 Å². The SMILES string of the molecule is CCn1cc(-c2cc(Oc3ccc(N(C(=O)C4(C(N)=O)CC4)c4ccc(F)cc4)cc3F)ccn2)cn1. The summed E-state index contributed by atoms with van der Waals surface area (Å²) in [5.41, 5.74) is 5.97. The smallest absolute Gasteiger partial charge is 0.247 e. The summed E-state index contributed by atoms with van der Waals surface area (Å²) in [4.78, 5) is 30.9. The number of aromatic nitrogens is 3. The lowest BCUT2D eigenvalue weighted by Gasteiger charge is -2.26. The van der Waals surface area contributed by atoms with Crippen molar-refractivity contribution in [2.24, 2.45) is 11.1 Å². The molecule has 1 aliphatic rings. The summed E-state index contributed by atoms with van der Waals surface area (Å²) in [5.74, 6) is -2.29. The molecule has 8 nitrogen and oxygen atoms in total. The number of amides is 2. The van der Waals surface area contributed by atoms with Gasteiger partial charge in [0.25, 0.3) is 0 Å². The molecule has 2 heterocycles. The summed E-state index contributed by atoms with van der Waals surface area (Å²) in [6.45, 7) is 2.69. The highest BCUT2D eigenvalue weighted by molar-refractivity contribution is 6.16. The quantitative estimate of drug-likeness (QED) is 0.342. The van der Waals surface area contributed by atoms with Gasteiger partial charge < -0.3 is 10.5 Å². The largest absolute Gasteiger partial charge is 0.454 e. The van der Waals surface area contributed by atoms with Gasteiger partial charge in [-0.2, -0.15) is 5.10 Å². The Morgan fingerprint density at radius 2 is 1.81 bits per heavy atom. The number of rotatable bonds is 8. The molecule has 0 saturated heterocycles. The van der Waals surface area contributed by atoms with Crippen LogP contribution in [0.15, 0.2) is 73.2 Å². The van der Waals surface area contributed by atoms with Crippen molar-refractivity contribution in [2.75, 3.05) is 4.90 Å². The molecule has 1 saturated carbocycles. The second-order valence-corrected chi connectivity index (χ2v) is 8.74. The molecule has 4 aromatic rings. The number of anilines is 2. The maximum Gasteiger partial charge on any atom is 0.247 e. The molecular weight excluding hydrogens is 480 g/mol. The Balaban J connectivity index is 1.45. The van der Waals surface area contributed by atoms with E-state index in [1.165, 1.54) is 41.3 Å². The highest BCUT2D eigenvalue weighted by Gasteiger charge is 2.57. The van der Waals surface area contributed by atoms with Gasteiger partial charge in [-0.25, -0.2) is 8.78 Å². The first-order valence-corrected chi connectivity index (χ1v) is 11.7. The summed E-state index contributed by atoms with van der Waals surface area (Å²) in [5, 5.41) is 4.24. The molecule has 37 heavy (non-hydrogen) atoms. The van der Waals surface area contributed by atoms with Gasteiger partial charge in [-0.05, 0) is 62.2 Å². The lowest BCUT2D eigenvalue weighted by atomic mass is 10.0. The van der Waals surface area contributed by atoms with Gasteiger partial charge >= 0.3 is 0 Å². The van der Waals surface area contributed by atoms with Crippen molar-refractivity contribution in [2.45, 2.75) is 26.3 Å². The van der Waals surface area contributed by atoms with Crippen LogP contribution in [0.2, 0.25) is 0 Å². The summed E-state index contributed by atoms with van der Waals surface area (Å²) >= 11 is 0. The van der Waals surface area contributed by atoms with Gasteiger partial charge in [-0.3, -0.25) is 24.2 Å². The molecule has 2 aromatic heterocycles. The van der Waals surface area contributed by atoms with Crippen LogP contribution in [0.5, 0.6) is 11.5 Å². The lowest BCUT2D eigenvalue weighted by molar-refractivity contribution is -0.133. The van der Waals surface area contributed by atoms with Crippen molar-refractivity contribution in [3.05, 3.63) is 84.8 Å². The van der Waals surface area contributed by atoms with Crippen LogP contribution in [0.1, 0.15) is 19.8 Å². The molecule has 2 amide bonds. The van der Waals surface area contributed by atoms with Gasteiger partial charge in [0.2, 0.25) is 11.8 Å². The number of carbonyl (C=O) groups excluding carboxylic acids is 2. The molecule has 1 aliphatic carbocycles. The van der Waals surface area contributed by atoms with E-state index in [1.54, 1.807) is 29.2 Å². The Hall–Kier alpha value is -4.60. The van der Waals surface area contributed by atoms with Crippen molar-refractivity contribution in [3.63, 3.8) is 0 Å². The number of ether oxygens (including phenoxy) is 1. The van der Waals surface area contributed by atoms with Crippen molar-refractivity contribution in [3.8, 4) is 22.8 Å². The first-order chi connectivity index (χ1) is 17.8. The van der Waals surface area contributed by atoms with Crippen LogP contribution in [0.25, 0.3) is 11.3 Å². The third-order valence-corrected chi connectivity index (χ3v) is 6.30. The monoisotopic (exact) mass is 503 g/mol. The third kappa shape index (κ3) is 4.65. The third-order valence-electron chi connectivity index (χ3n) is 6.30. The fourth-order valence-corrected chi connectivity index (χ4v) is 4.02. The molecule has 2 aromatic carbocycles. The molecule has 1 fully saturated rings. The van der Waals surface area contributed by atoms with Gasteiger partial charge in [0.15, 0.2) is 11.6 Å². The molecule has 0 spiro atoms. The van der Waals surface area contributed by atoms with E-state index in [9.17, 15) is 14.0 Å². The summed E-state index contributed by atoms with van der Waals surface area (Å²) in [6, 6.07) is 12.4. The van der Waals surface area contributed by atoms with E-state index in [0.717, 1.165) is 11.6 Å². The van der Waals surface area contributed by atoms with Crippen LogP contribution >= 0.6 is 0 Å². The van der Waals surface area contributed by atoms with E-state index in [-0.39, 0.29) is 17.1 Å². The van der Waals surface area contributed by atoms with E-state index >= 15 is 4.39 Å². The fourth-order valence-electron chi connectivity index (χ4n) is 4.02. The summed E-state index contributed by atoms with van der Waals surface area (Å²) in [6.07, 6.45) is 5.67. The van der Waals surface area contributed by atoms with E-state index in [2.05, 4.69) is 10.1 Å². The molecule has 2 N–H and O–H groups in total. The number of benzene rings is 2. The van der Waals surface area contributed by atoms with Crippen molar-refractivity contribution < 1.29 is 23.1 Å². The number of aryl methyl sites for hydroxylation is 1. The van der Waals surface area contributed by atoms with Crippen LogP contribution in [0.4, 0.5) is 20.2 Å². The molecule has 0 atom stereocenters. The average molecular weight is 504 g/mol. The Kier molecular flexibility index (Phi) is 6.16. The molecule has 10 heteroatoms. The van der Waals surface area contributed by atoms with E-state index in [1.807, 2.05) is 13.1 Å². The van der Waals surface area contributed by atoms with Crippen LogP contribution in [0, 0.1) is 17.0 Å². The van der Waals surface area contributed by atoms with Gasteiger partial charge in [-0.1, -0.05) is 0 Å². The predicted octanol–water partition coefficient (Wildman–Crippen LogP) is 4.97. The highest BCUT2D eigenvalue weighted by atomic mass is 19.1. The second-order valence-electron chi connectivity index (χ2n) is 8.74. The number of pyridine rings is 1. The highest BCUT2D eigenvalue weighted by Crippen LogP contribution is 2.49. The van der Waals surface area contributed by atoms with Gasteiger partial charge in [-0.15, -0.1) is 0 Å². The average Bonchev–Trinajstić information content (AvgIpc) is 3.58. The zero-order chi connectivity index (χ0) is 26.2. The molecule has 0 bridgehead atoms. The van der Waals surface area contributed by atoms with Crippen LogP contribution in [0.3, 0.4) is 0 Å². The molecule has 0 unspecified atom stereocenters. The minimum Gasteiger partial charge on any atom is -0.454 e. The Morgan fingerprint density at radius 1 is 1.08 bits per heavy atom. The molecule has 0 radical (unpaired) electrons. The minimum atomic E-state index is -1.36. The topological polar surface area (TPSA) is 103 Å². The second kappa shape index (κ2) is 9.45. The number of nitrogens with two attached hydrogens (primary N) is 1. The normalized spacial score (nSPS) is 13.7. The Morgan fingerprint density at radius 3 is 2.43 bits per heavy atom. The number of primary amides is 1. The zero-order valence-electron chi connectivity index (χ0n) is 19.9. The number of hydrogen-bond donors (Lipinski definition) is 1. The lowest BCUT2D eigenvalue weighted by Crippen LogP contribution is -2.41. The predicted molar refractivity (Wildman–Crippen MR) is 132 cm³/mol. The standard InChI is InChI=1S/C27H23F2N5O3/c1-2-33-16-17(15-32-33)23-14-21(9-12-31-23)37-24-8-7-20(13-22(24)29)34(19-5-3-18(28)4-6-19)26(36)27(10-11-27)25(30)35/h3-9,12-16H,2,10-11H2,1H3,(H2,30,35). The number of hydrogen-bond acceptors (Lipinski definition) is 5.